The maximum absolute atomic E-state index is 14.0. The van der Waals surface area contributed by atoms with Crippen LogP contribution in [0.3, 0.4) is 0 Å². The van der Waals surface area contributed by atoms with E-state index in [1.54, 1.807) is 21.9 Å². The fraction of sp³-hybridized carbons (Fsp3) is 0.235. The minimum Gasteiger partial charge on any atom is -0.426 e. The van der Waals surface area contributed by atoms with E-state index in [0.29, 0.717) is 22.9 Å². The highest BCUT2D eigenvalue weighted by Gasteiger charge is 2.39. The number of aromatic nitrogens is 2. The summed E-state index contributed by atoms with van der Waals surface area (Å²) in [4.78, 5) is 54.9. The quantitative estimate of drug-likeness (QED) is 0.110. The fourth-order valence-corrected chi connectivity index (χ4v) is 7.81. The molecule has 47 heavy (non-hydrogen) atoms. The average molecular weight is 690 g/mol. The molecule has 3 heterocycles. The normalized spacial score (nSPS) is 16.8. The van der Waals surface area contributed by atoms with Crippen LogP contribution in [0.4, 0.5) is 11.4 Å². The number of anilines is 2. The Morgan fingerprint density at radius 3 is 1.45 bits per heavy atom. The second-order valence-corrected chi connectivity index (χ2v) is 12.9. The molecule has 2 atom stereocenters. The molecule has 0 N–H and O–H groups in total. The molecule has 5 aromatic rings. The minimum atomic E-state index is -0.486. The lowest BCUT2D eigenvalue weighted by molar-refractivity contribution is -0.132. The van der Waals surface area contributed by atoms with Crippen LogP contribution in [0.1, 0.15) is 56.4 Å². The Hall–Kier alpha value is -4.58. The summed E-state index contributed by atoms with van der Waals surface area (Å²) in [5, 5.41) is 11.4. The van der Waals surface area contributed by atoms with E-state index in [-0.39, 0.29) is 46.7 Å². The third-order valence-electron chi connectivity index (χ3n) is 8.42. The third kappa shape index (κ3) is 5.28. The number of carbonyl (C=O) groups excluding carboxylic acids is 4. The Labute approximate surface area is 282 Å². The molecular formula is C34H26Cl2N4O6S. The molecule has 0 unspecified atom stereocenters. The topological polar surface area (TPSA) is 119 Å². The van der Waals surface area contributed by atoms with E-state index in [1.165, 1.54) is 13.8 Å². The van der Waals surface area contributed by atoms with Crippen LogP contribution >= 0.6 is 34.5 Å². The van der Waals surface area contributed by atoms with Gasteiger partial charge in [-0.3, -0.25) is 19.2 Å². The van der Waals surface area contributed by atoms with Gasteiger partial charge in [0, 0.05) is 73.4 Å². The predicted molar refractivity (Wildman–Crippen MR) is 181 cm³/mol. The van der Waals surface area contributed by atoms with Crippen molar-refractivity contribution in [3.8, 4) is 11.5 Å². The van der Waals surface area contributed by atoms with Crippen LogP contribution < -0.4 is 19.3 Å². The van der Waals surface area contributed by atoms with E-state index in [4.69, 9.17) is 32.7 Å². The van der Waals surface area contributed by atoms with Gasteiger partial charge < -0.3 is 19.3 Å². The van der Waals surface area contributed by atoms with Crippen molar-refractivity contribution >= 4 is 91.2 Å². The number of alkyl halides is 2. The van der Waals surface area contributed by atoms with Crippen molar-refractivity contribution in [3.63, 3.8) is 0 Å². The van der Waals surface area contributed by atoms with Crippen molar-refractivity contribution < 1.29 is 28.7 Å². The second kappa shape index (κ2) is 12.2. The number of esters is 2. The highest BCUT2D eigenvalue weighted by molar-refractivity contribution is 7.15. The highest BCUT2D eigenvalue weighted by Crippen LogP contribution is 2.48. The number of nitrogens with zero attached hydrogens (tertiary/aromatic N) is 4. The first-order valence-corrected chi connectivity index (χ1v) is 16.7. The van der Waals surface area contributed by atoms with Gasteiger partial charge in [-0.05, 0) is 21.9 Å². The molecule has 0 bridgehead atoms. The molecule has 0 spiro atoms. The molecule has 238 valence electrons. The molecule has 7 rings (SSSR count). The summed E-state index contributed by atoms with van der Waals surface area (Å²) in [6, 6.07) is 18.3. The first-order valence-electron chi connectivity index (χ1n) is 14.8. The lowest BCUT2D eigenvalue weighted by atomic mass is 9.95. The molecule has 0 aliphatic carbocycles. The van der Waals surface area contributed by atoms with Gasteiger partial charge in [0.15, 0.2) is 0 Å². The van der Waals surface area contributed by atoms with Gasteiger partial charge in [-0.15, -0.1) is 33.4 Å². The largest absolute Gasteiger partial charge is 0.426 e. The predicted octanol–water partition coefficient (Wildman–Crippen LogP) is 6.66. The summed E-state index contributed by atoms with van der Waals surface area (Å²) in [6.45, 7) is 3.19. The van der Waals surface area contributed by atoms with E-state index in [0.717, 1.165) is 44.0 Å². The lowest BCUT2D eigenvalue weighted by Gasteiger charge is -2.18. The molecule has 0 saturated heterocycles. The molecule has 2 aliphatic heterocycles. The van der Waals surface area contributed by atoms with E-state index in [9.17, 15) is 19.2 Å². The zero-order valence-electron chi connectivity index (χ0n) is 25.2. The van der Waals surface area contributed by atoms with Crippen LogP contribution in [0.2, 0.25) is 0 Å². The molecule has 2 amide bonds. The maximum atomic E-state index is 14.0. The number of hydrogen-bond donors (Lipinski definition) is 0. The molecule has 10 nitrogen and oxygen atoms in total. The third-order valence-corrected chi connectivity index (χ3v) is 10.1. The number of benzene rings is 4. The van der Waals surface area contributed by atoms with Crippen LogP contribution in [-0.4, -0.2) is 58.8 Å². The first kappa shape index (κ1) is 31.0. The number of amides is 2. The van der Waals surface area contributed by atoms with Crippen molar-refractivity contribution in [3.05, 3.63) is 81.8 Å². The fourth-order valence-electron chi connectivity index (χ4n) is 6.57. The van der Waals surface area contributed by atoms with E-state index in [2.05, 4.69) is 10.2 Å². The van der Waals surface area contributed by atoms with E-state index < -0.39 is 23.8 Å². The summed E-state index contributed by atoms with van der Waals surface area (Å²) >= 11 is 13.7. The standard InChI is InChI=1S/C34H26Cl2N4O6S/c1-17(41)45-27-11-25-29(23-9-5-3-7-21(23)27)19(13-35)15-39(25)33(43)31-37-38-32(47-31)34(44)40-16-20(14-36)30-24-10-6-4-8-22(24)28(12-26(30)40)46-18(2)42/h3-12,19-20H,13-16H2,1-2H3/t19-,20-/m1/s1. The summed E-state index contributed by atoms with van der Waals surface area (Å²) in [7, 11) is 0. The molecule has 0 fully saturated rings. The Morgan fingerprint density at radius 1 is 0.702 bits per heavy atom. The minimum absolute atomic E-state index is 0.0177. The molecule has 0 saturated carbocycles. The van der Waals surface area contributed by atoms with Crippen LogP contribution in [0.15, 0.2) is 60.7 Å². The van der Waals surface area contributed by atoms with Gasteiger partial charge in [-0.1, -0.05) is 59.9 Å². The SMILES string of the molecule is CC(=O)Oc1cc2c(c3ccccc13)[C@H](CCl)CN2C(=O)c1nnc(C(=O)N2C[C@@H](CCl)c3c2cc(OC(C)=O)c2ccccc32)s1. The van der Waals surface area contributed by atoms with Crippen LogP contribution in [0, 0.1) is 0 Å². The summed E-state index contributed by atoms with van der Waals surface area (Å²) in [5.74, 6) is -1.08. The Balaban J connectivity index is 1.24. The van der Waals surface area contributed by atoms with Gasteiger partial charge in [0.1, 0.15) is 11.5 Å². The molecule has 4 aromatic carbocycles. The molecule has 2 aliphatic rings. The number of hydrogen-bond acceptors (Lipinski definition) is 9. The van der Waals surface area contributed by atoms with Gasteiger partial charge in [0.25, 0.3) is 11.8 Å². The van der Waals surface area contributed by atoms with E-state index >= 15 is 0 Å². The zero-order valence-corrected chi connectivity index (χ0v) is 27.5. The molecular weight excluding hydrogens is 663 g/mol. The van der Waals surface area contributed by atoms with Gasteiger partial charge in [0.2, 0.25) is 10.0 Å². The molecule has 13 heteroatoms. The van der Waals surface area contributed by atoms with Crippen LogP contribution in [-0.2, 0) is 9.59 Å². The Bertz CT molecular complexity index is 1990. The van der Waals surface area contributed by atoms with Crippen molar-refractivity contribution in [2.45, 2.75) is 25.7 Å². The van der Waals surface area contributed by atoms with E-state index in [1.807, 2.05) is 48.5 Å². The number of fused-ring (bicyclic) bond motifs is 6. The van der Waals surface area contributed by atoms with Crippen LogP contribution in [0.5, 0.6) is 11.5 Å². The molecule has 0 radical (unpaired) electrons. The van der Waals surface area contributed by atoms with Gasteiger partial charge >= 0.3 is 11.9 Å². The summed E-state index contributed by atoms with van der Waals surface area (Å²) < 4.78 is 11.1. The highest BCUT2D eigenvalue weighted by atomic mass is 35.5. The Morgan fingerprint density at radius 2 is 1.09 bits per heavy atom. The Kier molecular flexibility index (Phi) is 8.07. The van der Waals surface area contributed by atoms with Crippen molar-refractivity contribution in [1.29, 1.82) is 0 Å². The lowest BCUT2D eigenvalue weighted by Crippen LogP contribution is -2.30. The van der Waals surface area contributed by atoms with Gasteiger partial charge in [0.05, 0.1) is 11.4 Å². The zero-order chi connectivity index (χ0) is 33.0. The molecule has 1 aromatic heterocycles. The van der Waals surface area contributed by atoms with Gasteiger partial charge in [-0.25, -0.2) is 0 Å². The van der Waals surface area contributed by atoms with Crippen molar-refractivity contribution in [2.75, 3.05) is 34.6 Å². The average Bonchev–Trinajstić information content (AvgIpc) is 3.80. The second-order valence-electron chi connectivity index (χ2n) is 11.3. The number of carbonyl (C=O) groups is 4. The van der Waals surface area contributed by atoms with Gasteiger partial charge in [-0.2, -0.15) is 0 Å². The van der Waals surface area contributed by atoms with Crippen molar-refractivity contribution in [2.24, 2.45) is 0 Å². The summed E-state index contributed by atoms with van der Waals surface area (Å²) in [6.07, 6.45) is 0. The number of halogens is 2. The smallest absolute Gasteiger partial charge is 0.308 e. The summed E-state index contributed by atoms with van der Waals surface area (Å²) in [5.41, 5.74) is 2.86. The van der Waals surface area contributed by atoms with Crippen LogP contribution in [0.25, 0.3) is 21.5 Å². The first-order chi connectivity index (χ1) is 22.7. The monoisotopic (exact) mass is 688 g/mol. The number of ether oxygens (including phenoxy) is 2. The maximum Gasteiger partial charge on any atom is 0.308 e. The number of rotatable bonds is 6. The van der Waals surface area contributed by atoms with Crippen molar-refractivity contribution in [1.82, 2.24) is 10.2 Å².